The number of ether oxygens (including phenoxy) is 1. The van der Waals surface area contributed by atoms with Crippen LogP contribution in [0.5, 0.6) is 5.75 Å². The molecule has 0 saturated carbocycles. The predicted molar refractivity (Wildman–Crippen MR) is 100 cm³/mol. The molecule has 0 aliphatic heterocycles. The van der Waals surface area contributed by atoms with E-state index in [-0.39, 0.29) is 10.5 Å². The van der Waals surface area contributed by atoms with Gasteiger partial charge in [-0.2, -0.15) is 13.7 Å². The van der Waals surface area contributed by atoms with E-state index in [9.17, 15) is 13.2 Å². The highest BCUT2D eigenvalue weighted by Gasteiger charge is 2.11. The maximum Gasteiger partial charge on any atom is 0.294 e. The molecule has 0 radical (unpaired) electrons. The van der Waals surface area contributed by atoms with Crippen LogP contribution in [0.2, 0.25) is 5.02 Å². The van der Waals surface area contributed by atoms with Crippen LogP contribution in [0.4, 0.5) is 11.4 Å². The molecule has 2 aromatic rings. The molecule has 10 heteroatoms. The second-order valence-corrected chi connectivity index (χ2v) is 6.95. The highest BCUT2D eigenvalue weighted by Crippen LogP contribution is 2.27. The number of hydrogen-bond acceptors (Lipinski definition) is 6. The molecule has 0 heterocycles. The van der Waals surface area contributed by atoms with E-state index in [4.69, 9.17) is 26.2 Å². The van der Waals surface area contributed by atoms with Crippen molar-refractivity contribution in [3.05, 3.63) is 59.3 Å². The van der Waals surface area contributed by atoms with Crippen molar-refractivity contribution >= 4 is 39.0 Å². The third-order valence-electron chi connectivity index (χ3n) is 3.31. The fraction of sp³-hybridized carbons (Fsp3) is 0.0588. The summed E-state index contributed by atoms with van der Waals surface area (Å²) < 4.78 is 35.9. The quantitative estimate of drug-likeness (QED) is 0.381. The van der Waals surface area contributed by atoms with Crippen LogP contribution in [0, 0.1) is 11.3 Å². The third kappa shape index (κ3) is 5.46. The maximum atomic E-state index is 12.2. The lowest BCUT2D eigenvalue weighted by Gasteiger charge is -2.08. The Labute approximate surface area is 160 Å². The van der Waals surface area contributed by atoms with Gasteiger partial charge in [0.2, 0.25) is 0 Å². The highest BCUT2D eigenvalue weighted by molar-refractivity contribution is 7.85. The lowest BCUT2D eigenvalue weighted by Crippen LogP contribution is -2.14. The molecule has 3 N–H and O–H groups in total. The summed E-state index contributed by atoms with van der Waals surface area (Å²) in [5.41, 5.74) is 0.570. The molecule has 0 aliphatic rings. The van der Waals surface area contributed by atoms with Crippen LogP contribution in [0.1, 0.15) is 0 Å². The average molecular weight is 408 g/mol. The van der Waals surface area contributed by atoms with Crippen LogP contribution >= 0.6 is 11.6 Å². The number of nitriles is 1. The van der Waals surface area contributed by atoms with E-state index in [0.717, 1.165) is 0 Å². The van der Waals surface area contributed by atoms with Crippen LogP contribution in [0.25, 0.3) is 0 Å². The van der Waals surface area contributed by atoms with Gasteiger partial charge in [0, 0.05) is 17.6 Å². The van der Waals surface area contributed by atoms with Crippen molar-refractivity contribution in [1.29, 1.82) is 5.26 Å². The molecule has 8 nitrogen and oxygen atoms in total. The molecule has 1 amide bonds. The zero-order chi connectivity index (χ0) is 20.0. The molecule has 0 fully saturated rings. The Morgan fingerprint density at radius 1 is 1.22 bits per heavy atom. The number of methoxy groups -OCH3 is 1. The van der Waals surface area contributed by atoms with Crippen molar-refractivity contribution in [2.45, 2.75) is 4.90 Å². The minimum Gasteiger partial charge on any atom is -0.495 e. The zero-order valence-electron chi connectivity index (χ0n) is 13.9. The summed E-state index contributed by atoms with van der Waals surface area (Å²) in [5.74, 6) is -0.221. The number of amides is 1. The molecule has 0 saturated heterocycles. The van der Waals surface area contributed by atoms with Crippen LogP contribution in [-0.2, 0) is 14.9 Å². The summed E-state index contributed by atoms with van der Waals surface area (Å²) in [7, 11) is -2.83. The fourth-order valence-corrected chi connectivity index (χ4v) is 2.71. The fourth-order valence-electron chi connectivity index (χ4n) is 1.97. The summed E-state index contributed by atoms with van der Waals surface area (Å²) in [4.78, 5) is 11.9. The topological polar surface area (TPSA) is 129 Å². The summed E-state index contributed by atoms with van der Waals surface area (Å²) >= 11 is 5.98. The lowest BCUT2D eigenvalue weighted by molar-refractivity contribution is -0.112. The van der Waals surface area contributed by atoms with E-state index in [2.05, 4.69) is 10.6 Å². The van der Waals surface area contributed by atoms with Gasteiger partial charge in [-0.15, -0.1) is 0 Å². The van der Waals surface area contributed by atoms with Crippen molar-refractivity contribution in [3.63, 3.8) is 0 Å². The first-order chi connectivity index (χ1) is 12.7. The van der Waals surface area contributed by atoms with Gasteiger partial charge in [-0.3, -0.25) is 9.35 Å². The summed E-state index contributed by atoms with van der Waals surface area (Å²) in [5, 5.41) is 14.7. The van der Waals surface area contributed by atoms with Crippen LogP contribution in [0.15, 0.2) is 59.1 Å². The maximum absolute atomic E-state index is 12.2. The Kier molecular flexibility index (Phi) is 6.41. The summed E-state index contributed by atoms with van der Waals surface area (Å²) in [6.07, 6.45) is 1.17. The molecular weight excluding hydrogens is 394 g/mol. The standard InChI is InChI=1S/C17H14ClN3O5S/c1-26-16-7-4-13(8-15(16)18)21-17(22)11(9-19)10-20-12-2-5-14(6-3-12)27(23,24)25/h2-8,10,20H,1H3,(H,21,22)(H,23,24,25)/b11-10-. The molecule has 0 aliphatic carbocycles. The van der Waals surface area contributed by atoms with Crippen LogP contribution in [-0.4, -0.2) is 26.0 Å². The monoisotopic (exact) mass is 407 g/mol. The predicted octanol–water partition coefficient (Wildman–Crippen LogP) is 3.05. The molecule has 0 aromatic heterocycles. The Morgan fingerprint density at radius 2 is 1.85 bits per heavy atom. The summed E-state index contributed by atoms with van der Waals surface area (Å²) in [6, 6.07) is 11.5. The molecule has 140 valence electrons. The lowest BCUT2D eigenvalue weighted by atomic mass is 10.2. The van der Waals surface area contributed by atoms with E-state index in [1.54, 1.807) is 18.2 Å². The van der Waals surface area contributed by atoms with Gasteiger partial charge < -0.3 is 15.4 Å². The first-order valence-corrected chi connectivity index (χ1v) is 9.15. The van der Waals surface area contributed by atoms with Gasteiger partial charge in [0.25, 0.3) is 16.0 Å². The number of nitrogens with zero attached hydrogens (tertiary/aromatic N) is 1. The number of rotatable bonds is 6. The van der Waals surface area contributed by atoms with Gasteiger partial charge >= 0.3 is 0 Å². The minimum absolute atomic E-state index is 0.221. The molecule has 0 atom stereocenters. The molecule has 0 spiro atoms. The van der Waals surface area contributed by atoms with Crippen LogP contribution in [0.3, 0.4) is 0 Å². The van der Waals surface area contributed by atoms with Gasteiger partial charge in [-0.1, -0.05) is 11.6 Å². The normalized spacial score (nSPS) is 11.4. The minimum atomic E-state index is -4.29. The average Bonchev–Trinajstić information content (AvgIpc) is 2.62. The number of carbonyl (C=O) groups excluding carboxylic acids is 1. The smallest absolute Gasteiger partial charge is 0.294 e. The highest BCUT2D eigenvalue weighted by atomic mass is 35.5. The first-order valence-electron chi connectivity index (χ1n) is 7.34. The molecule has 2 aromatic carbocycles. The number of halogens is 1. The van der Waals surface area contributed by atoms with Crippen molar-refractivity contribution in [3.8, 4) is 11.8 Å². The Balaban J connectivity index is 2.10. The first kappa shape index (κ1) is 20.3. The van der Waals surface area contributed by atoms with Gasteiger partial charge in [0.1, 0.15) is 17.4 Å². The molecular formula is C17H14ClN3O5S. The van der Waals surface area contributed by atoms with Gasteiger partial charge in [0.05, 0.1) is 17.0 Å². The third-order valence-corrected chi connectivity index (χ3v) is 4.47. The van der Waals surface area contributed by atoms with Crippen molar-refractivity contribution < 1.29 is 22.5 Å². The van der Waals surface area contributed by atoms with Crippen LogP contribution < -0.4 is 15.4 Å². The summed E-state index contributed by atoms with van der Waals surface area (Å²) in [6.45, 7) is 0. The van der Waals surface area contributed by atoms with E-state index in [0.29, 0.717) is 22.1 Å². The van der Waals surface area contributed by atoms with Gasteiger partial charge in [-0.05, 0) is 42.5 Å². The SMILES string of the molecule is COc1ccc(NC(=O)/C(C#N)=C\Nc2ccc(S(=O)(=O)O)cc2)cc1Cl. The number of benzene rings is 2. The molecule has 0 bridgehead atoms. The molecule has 27 heavy (non-hydrogen) atoms. The van der Waals surface area contributed by atoms with Crippen molar-refractivity contribution in [2.24, 2.45) is 0 Å². The second kappa shape index (κ2) is 8.55. The Morgan fingerprint density at radius 3 is 2.37 bits per heavy atom. The molecule has 0 unspecified atom stereocenters. The van der Waals surface area contributed by atoms with Gasteiger partial charge in [0.15, 0.2) is 0 Å². The molecule has 2 rings (SSSR count). The van der Waals surface area contributed by atoms with Crippen molar-refractivity contribution in [2.75, 3.05) is 17.7 Å². The van der Waals surface area contributed by atoms with E-state index in [1.807, 2.05) is 0 Å². The number of anilines is 2. The van der Waals surface area contributed by atoms with E-state index in [1.165, 1.54) is 43.6 Å². The van der Waals surface area contributed by atoms with Gasteiger partial charge in [-0.25, -0.2) is 0 Å². The number of hydrogen-bond donors (Lipinski definition) is 3. The second-order valence-electron chi connectivity index (χ2n) is 5.12. The Bertz CT molecular complexity index is 1030. The van der Waals surface area contributed by atoms with Crippen molar-refractivity contribution in [1.82, 2.24) is 0 Å². The van der Waals surface area contributed by atoms with E-state index >= 15 is 0 Å². The largest absolute Gasteiger partial charge is 0.495 e. The zero-order valence-corrected chi connectivity index (χ0v) is 15.5. The number of nitrogens with one attached hydrogen (secondary N) is 2. The van der Waals surface area contributed by atoms with E-state index < -0.39 is 16.0 Å². The number of carbonyl (C=O) groups is 1. The Hall–Kier alpha value is -3.06.